The van der Waals surface area contributed by atoms with Crippen LogP contribution in [0, 0.1) is 5.82 Å². The number of Topliss-reactive ketones (excluding diaryl/α,β-unsaturated/α-hetero) is 1. The Labute approximate surface area is 112 Å². The number of ketones is 1. The Morgan fingerprint density at radius 2 is 2.17 bits per heavy atom. The molecule has 1 heterocycles. The maximum absolute atomic E-state index is 12.8. The van der Waals surface area contributed by atoms with Crippen LogP contribution in [0.1, 0.15) is 23.7 Å². The summed E-state index contributed by atoms with van der Waals surface area (Å²) < 4.78 is 12.8. The number of halogens is 1. The van der Waals surface area contributed by atoms with Gasteiger partial charge >= 0.3 is 0 Å². The molecule has 98 valence electrons. The first-order valence-corrected chi connectivity index (χ1v) is 7.36. The SMILES string of the molecule is CCC1CN(CC(=O)c2ccc(F)cc2)CCS1. The second kappa shape index (κ2) is 6.34. The average Bonchev–Trinajstić information content (AvgIpc) is 2.39. The van der Waals surface area contributed by atoms with Gasteiger partial charge in [-0.25, -0.2) is 4.39 Å². The summed E-state index contributed by atoms with van der Waals surface area (Å²) in [5.41, 5.74) is 0.600. The number of thioether (sulfide) groups is 1. The molecule has 0 spiro atoms. The molecule has 0 radical (unpaired) electrons. The van der Waals surface area contributed by atoms with Gasteiger partial charge in [-0.2, -0.15) is 11.8 Å². The fourth-order valence-corrected chi connectivity index (χ4v) is 3.35. The molecule has 1 aliphatic heterocycles. The lowest BCUT2D eigenvalue weighted by atomic mass is 10.1. The highest BCUT2D eigenvalue weighted by molar-refractivity contribution is 8.00. The van der Waals surface area contributed by atoms with Gasteiger partial charge in [0.2, 0.25) is 0 Å². The lowest BCUT2D eigenvalue weighted by Gasteiger charge is -2.31. The third-order valence-corrected chi connectivity index (χ3v) is 4.58. The average molecular weight is 267 g/mol. The minimum absolute atomic E-state index is 0.0803. The van der Waals surface area contributed by atoms with Crippen LogP contribution in [0.15, 0.2) is 24.3 Å². The molecule has 1 aliphatic rings. The first kappa shape index (κ1) is 13.6. The molecule has 0 bridgehead atoms. The van der Waals surface area contributed by atoms with E-state index in [9.17, 15) is 9.18 Å². The lowest BCUT2D eigenvalue weighted by Crippen LogP contribution is -2.40. The van der Waals surface area contributed by atoms with Crippen molar-refractivity contribution in [2.45, 2.75) is 18.6 Å². The summed E-state index contributed by atoms with van der Waals surface area (Å²) in [5.74, 6) is 0.874. The molecule has 0 saturated carbocycles. The molecule has 1 unspecified atom stereocenters. The van der Waals surface area contributed by atoms with Crippen LogP contribution < -0.4 is 0 Å². The monoisotopic (exact) mass is 267 g/mol. The van der Waals surface area contributed by atoms with Crippen LogP contribution in [0.25, 0.3) is 0 Å². The molecule has 1 aromatic rings. The topological polar surface area (TPSA) is 20.3 Å². The van der Waals surface area contributed by atoms with Crippen molar-refractivity contribution in [2.75, 3.05) is 25.4 Å². The predicted octanol–water partition coefficient (Wildman–Crippen LogP) is 2.84. The van der Waals surface area contributed by atoms with Gasteiger partial charge in [0.15, 0.2) is 5.78 Å². The molecule has 1 fully saturated rings. The Kier molecular flexibility index (Phi) is 4.78. The van der Waals surface area contributed by atoms with E-state index in [1.807, 2.05) is 11.8 Å². The van der Waals surface area contributed by atoms with Gasteiger partial charge in [-0.05, 0) is 30.7 Å². The molecule has 0 N–H and O–H groups in total. The maximum Gasteiger partial charge on any atom is 0.176 e. The standard InChI is InChI=1S/C14H18FNOS/c1-2-13-9-16(7-8-18-13)10-14(17)11-3-5-12(15)6-4-11/h3-6,13H,2,7-10H2,1H3. The largest absolute Gasteiger partial charge is 0.294 e. The number of benzene rings is 1. The highest BCUT2D eigenvalue weighted by Gasteiger charge is 2.21. The third kappa shape index (κ3) is 3.56. The summed E-state index contributed by atoms with van der Waals surface area (Å²) in [5, 5.41) is 0.639. The molecular formula is C14H18FNOS. The first-order valence-electron chi connectivity index (χ1n) is 6.31. The number of nitrogens with zero attached hydrogens (tertiary/aromatic N) is 1. The van der Waals surface area contributed by atoms with Crippen molar-refractivity contribution in [3.63, 3.8) is 0 Å². The Hall–Kier alpha value is -0.870. The van der Waals surface area contributed by atoms with Crippen molar-refractivity contribution in [1.82, 2.24) is 4.90 Å². The van der Waals surface area contributed by atoms with Crippen LogP contribution in [0.3, 0.4) is 0 Å². The summed E-state index contributed by atoms with van der Waals surface area (Å²) in [6, 6.07) is 5.81. The number of carbonyl (C=O) groups excluding carboxylic acids is 1. The molecule has 2 rings (SSSR count). The number of hydrogen-bond donors (Lipinski definition) is 0. The Morgan fingerprint density at radius 3 is 2.83 bits per heavy atom. The van der Waals surface area contributed by atoms with Crippen molar-refractivity contribution < 1.29 is 9.18 Å². The Balaban J connectivity index is 1.92. The van der Waals surface area contributed by atoms with Gasteiger partial charge in [0, 0.05) is 29.7 Å². The van der Waals surface area contributed by atoms with Crippen LogP contribution in [0.4, 0.5) is 4.39 Å². The van der Waals surface area contributed by atoms with E-state index >= 15 is 0 Å². The van der Waals surface area contributed by atoms with E-state index in [0.717, 1.165) is 25.3 Å². The first-order chi connectivity index (χ1) is 8.69. The summed E-state index contributed by atoms with van der Waals surface area (Å²) in [6.45, 7) is 4.58. The van der Waals surface area contributed by atoms with Crippen LogP contribution in [0.5, 0.6) is 0 Å². The second-order valence-corrected chi connectivity index (χ2v) is 5.97. The minimum atomic E-state index is -0.299. The molecule has 0 aliphatic carbocycles. The van der Waals surface area contributed by atoms with E-state index < -0.39 is 0 Å². The molecule has 4 heteroatoms. The molecule has 0 amide bonds. The van der Waals surface area contributed by atoms with Crippen molar-refractivity contribution in [2.24, 2.45) is 0 Å². The highest BCUT2D eigenvalue weighted by Crippen LogP contribution is 2.21. The fraction of sp³-hybridized carbons (Fsp3) is 0.500. The molecular weight excluding hydrogens is 249 g/mol. The van der Waals surface area contributed by atoms with E-state index in [-0.39, 0.29) is 11.6 Å². The summed E-state index contributed by atoms with van der Waals surface area (Å²) >= 11 is 1.99. The van der Waals surface area contributed by atoms with E-state index in [0.29, 0.717) is 17.4 Å². The smallest absolute Gasteiger partial charge is 0.176 e. The van der Waals surface area contributed by atoms with Crippen molar-refractivity contribution in [3.05, 3.63) is 35.6 Å². The van der Waals surface area contributed by atoms with Gasteiger partial charge in [0.05, 0.1) is 6.54 Å². The van der Waals surface area contributed by atoms with E-state index in [4.69, 9.17) is 0 Å². The zero-order valence-corrected chi connectivity index (χ0v) is 11.4. The molecule has 1 aromatic carbocycles. The number of carbonyl (C=O) groups is 1. The normalized spacial score (nSPS) is 20.9. The summed E-state index contributed by atoms with van der Waals surface area (Å²) in [4.78, 5) is 14.3. The van der Waals surface area contributed by atoms with Gasteiger partial charge in [-0.15, -0.1) is 0 Å². The molecule has 0 aromatic heterocycles. The van der Waals surface area contributed by atoms with Gasteiger partial charge in [0.25, 0.3) is 0 Å². The van der Waals surface area contributed by atoms with Crippen LogP contribution >= 0.6 is 11.8 Å². The number of rotatable bonds is 4. The zero-order chi connectivity index (χ0) is 13.0. The van der Waals surface area contributed by atoms with Crippen LogP contribution in [-0.2, 0) is 0 Å². The van der Waals surface area contributed by atoms with E-state index in [1.165, 1.54) is 12.1 Å². The predicted molar refractivity (Wildman–Crippen MR) is 73.7 cm³/mol. The minimum Gasteiger partial charge on any atom is -0.294 e. The Bertz CT molecular complexity index is 407. The highest BCUT2D eigenvalue weighted by atomic mass is 32.2. The summed E-state index contributed by atoms with van der Waals surface area (Å²) in [7, 11) is 0. The molecule has 1 atom stereocenters. The lowest BCUT2D eigenvalue weighted by molar-refractivity contribution is 0.0932. The Morgan fingerprint density at radius 1 is 1.44 bits per heavy atom. The maximum atomic E-state index is 12.8. The molecule has 1 saturated heterocycles. The van der Waals surface area contributed by atoms with Gasteiger partial charge < -0.3 is 0 Å². The molecule has 2 nitrogen and oxygen atoms in total. The van der Waals surface area contributed by atoms with Gasteiger partial charge in [-0.3, -0.25) is 9.69 Å². The zero-order valence-electron chi connectivity index (χ0n) is 10.6. The van der Waals surface area contributed by atoms with E-state index in [1.54, 1.807) is 12.1 Å². The van der Waals surface area contributed by atoms with Crippen LogP contribution in [-0.4, -0.2) is 41.3 Å². The summed E-state index contributed by atoms with van der Waals surface area (Å²) in [6.07, 6.45) is 1.14. The van der Waals surface area contributed by atoms with E-state index in [2.05, 4.69) is 11.8 Å². The van der Waals surface area contributed by atoms with Crippen molar-refractivity contribution in [1.29, 1.82) is 0 Å². The third-order valence-electron chi connectivity index (χ3n) is 3.21. The van der Waals surface area contributed by atoms with Crippen molar-refractivity contribution >= 4 is 17.5 Å². The second-order valence-electron chi connectivity index (χ2n) is 4.57. The van der Waals surface area contributed by atoms with Gasteiger partial charge in [0.1, 0.15) is 5.82 Å². The quantitative estimate of drug-likeness (QED) is 0.782. The van der Waals surface area contributed by atoms with Crippen molar-refractivity contribution in [3.8, 4) is 0 Å². The van der Waals surface area contributed by atoms with Gasteiger partial charge in [-0.1, -0.05) is 6.92 Å². The number of hydrogen-bond acceptors (Lipinski definition) is 3. The molecule has 18 heavy (non-hydrogen) atoms. The van der Waals surface area contributed by atoms with Crippen LogP contribution in [0.2, 0.25) is 0 Å². The fourth-order valence-electron chi connectivity index (χ4n) is 2.10.